The minimum Gasteiger partial charge on any atom is -0.481 e. The van der Waals surface area contributed by atoms with Crippen LogP contribution >= 0.6 is 11.6 Å². The smallest absolute Gasteiger partial charge is 0.307 e. The fourth-order valence-electron chi connectivity index (χ4n) is 1.62. The Morgan fingerprint density at radius 3 is 2.82 bits per heavy atom. The number of carbonyl (C=O) groups is 1. The van der Waals surface area contributed by atoms with Gasteiger partial charge in [0.05, 0.1) is 18.3 Å². The van der Waals surface area contributed by atoms with Crippen LogP contribution < -0.4 is 0 Å². The van der Waals surface area contributed by atoms with E-state index in [0.29, 0.717) is 10.7 Å². The molecule has 1 aromatic carbocycles. The third kappa shape index (κ3) is 2.31. The Kier molecular flexibility index (Phi) is 3.15. The molecule has 0 saturated heterocycles. The molecule has 0 amide bonds. The molecule has 88 valence electrons. The molecule has 1 aromatic heterocycles. The number of hydrogen-bond acceptors (Lipinski definition) is 2. The van der Waals surface area contributed by atoms with E-state index in [1.807, 2.05) is 31.2 Å². The Bertz CT molecular complexity index is 563. The van der Waals surface area contributed by atoms with Crippen LogP contribution in [0.3, 0.4) is 0 Å². The third-order valence-electron chi connectivity index (χ3n) is 2.47. The van der Waals surface area contributed by atoms with Crippen LogP contribution in [0.15, 0.2) is 30.5 Å². The second-order valence-corrected chi connectivity index (χ2v) is 4.09. The number of rotatable bonds is 3. The summed E-state index contributed by atoms with van der Waals surface area (Å²) >= 11 is 6.11. The van der Waals surface area contributed by atoms with Crippen LogP contribution in [0.4, 0.5) is 0 Å². The van der Waals surface area contributed by atoms with E-state index in [1.54, 1.807) is 4.68 Å². The van der Waals surface area contributed by atoms with Crippen LogP contribution in [0.1, 0.15) is 11.1 Å². The highest BCUT2D eigenvalue weighted by Crippen LogP contribution is 2.22. The number of carboxylic acids is 1. The number of aryl methyl sites for hydroxylation is 1. The topological polar surface area (TPSA) is 55.1 Å². The number of carboxylic acid groups (broad SMARTS) is 1. The first kappa shape index (κ1) is 11.7. The van der Waals surface area contributed by atoms with Gasteiger partial charge in [0, 0.05) is 5.56 Å². The Hall–Kier alpha value is -1.81. The van der Waals surface area contributed by atoms with E-state index < -0.39 is 5.97 Å². The normalized spacial score (nSPS) is 10.5. The van der Waals surface area contributed by atoms with Gasteiger partial charge in [-0.2, -0.15) is 5.10 Å². The average Bonchev–Trinajstić information content (AvgIpc) is 2.61. The van der Waals surface area contributed by atoms with Gasteiger partial charge in [-0.05, 0) is 18.6 Å². The maximum Gasteiger partial charge on any atom is 0.307 e. The number of para-hydroxylation sites is 1. The maximum absolute atomic E-state index is 10.6. The van der Waals surface area contributed by atoms with Crippen molar-refractivity contribution in [3.05, 3.63) is 46.7 Å². The second-order valence-electron chi connectivity index (χ2n) is 3.73. The first-order valence-electron chi connectivity index (χ1n) is 5.10. The van der Waals surface area contributed by atoms with E-state index >= 15 is 0 Å². The fraction of sp³-hybridized carbons (Fsp3) is 0.167. The summed E-state index contributed by atoms with van der Waals surface area (Å²) in [5.41, 5.74) is 2.40. The Morgan fingerprint density at radius 1 is 1.47 bits per heavy atom. The number of nitrogens with zero attached hydrogens (tertiary/aromatic N) is 2. The van der Waals surface area contributed by atoms with Crippen molar-refractivity contribution < 1.29 is 9.90 Å². The summed E-state index contributed by atoms with van der Waals surface area (Å²) in [5.74, 6) is -0.920. The molecule has 1 heterocycles. The molecule has 0 saturated carbocycles. The highest BCUT2D eigenvalue weighted by atomic mass is 35.5. The van der Waals surface area contributed by atoms with Gasteiger partial charge in [-0.3, -0.25) is 4.79 Å². The standard InChI is InChI=1S/C12H11ClN2O2/c1-8-4-2-3-5-10(8)15-12(13)9(7-14-15)6-11(16)17/h2-5,7H,6H2,1H3,(H,16,17). The average molecular weight is 251 g/mol. The first-order chi connectivity index (χ1) is 8.09. The number of hydrogen-bond donors (Lipinski definition) is 1. The number of aliphatic carboxylic acids is 1. The van der Waals surface area contributed by atoms with E-state index in [4.69, 9.17) is 16.7 Å². The van der Waals surface area contributed by atoms with Gasteiger partial charge < -0.3 is 5.11 Å². The van der Waals surface area contributed by atoms with Gasteiger partial charge in [0.15, 0.2) is 0 Å². The van der Waals surface area contributed by atoms with Gasteiger partial charge >= 0.3 is 5.97 Å². The lowest BCUT2D eigenvalue weighted by molar-refractivity contribution is -0.136. The molecule has 0 aliphatic rings. The Balaban J connectivity index is 2.44. The van der Waals surface area contributed by atoms with Gasteiger partial charge in [-0.1, -0.05) is 29.8 Å². The van der Waals surface area contributed by atoms with Crippen LogP contribution in [0.25, 0.3) is 5.69 Å². The molecule has 4 nitrogen and oxygen atoms in total. The zero-order valence-corrected chi connectivity index (χ0v) is 9.98. The molecule has 2 aromatic rings. The molecule has 0 spiro atoms. The van der Waals surface area contributed by atoms with Gasteiger partial charge in [0.25, 0.3) is 0 Å². The fourth-order valence-corrected chi connectivity index (χ4v) is 1.87. The van der Waals surface area contributed by atoms with Crippen molar-refractivity contribution in [3.8, 4) is 5.69 Å². The molecule has 0 atom stereocenters. The van der Waals surface area contributed by atoms with Crippen molar-refractivity contribution in [2.75, 3.05) is 0 Å². The largest absolute Gasteiger partial charge is 0.481 e. The third-order valence-corrected chi connectivity index (χ3v) is 2.87. The van der Waals surface area contributed by atoms with Crippen LogP contribution in [0.2, 0.25) is 5.15 Å². The van der Waals surface area contributed by atoms with Gasteiger partial charge in [-0.25, -0.2) is 4.68 Å². The van der Waals surface area contributed by atoms with Crippen molar-refractivity contribution in [1.82, 2.24) is 9.78 Å². The summed E-state index contributed by atoms with van der Waals surface area (Å²) in [4.78, 5) is 10.6. The van der Waals surface area contributed by atoms with Gasteiger partial charge in [0.1, 0.15) is 5.15 Å². The monoisotopic (exact) mass is 250 g/mol. The molecular weight excluding hydrogens is 240 g/mol. The Labute approximate surface area is 103 Å². The van der Waals surface area contributed by atoms with E-state index in [0.717, 1.165) is 11.3 Å². The van der Waals surface area contributed by atoms with Gasteiger partial charge in [-0.15, -0.1) is 0 Å². The molecule has 0 aliphatic heterocycles. The molecule has 0 aliphatic carbocycles. The van der Waals surface area contributed by atoms with Crippen LogP contribution in [0, 0.1) is 6.92 Å². The summed E-state index contributed by atoms with van der Waals surface area (Å²) < 4.78 is 1.55. The lowest BCUT2D eigenvalue weighted by Gasteiger charge is -2.06. The zero-order valence-electron chi connectivity index (χ0n) is 9.22. The summed E-state index contributed by atoms with van der Waals surface area (Å²) in [6, 6.07) is 7.65. The van der Waals surface area contributed by atoms with Crippen LogP contribution in [-0.4, -0.2) is 20.9 Å². The summed E-state index contributed by atoms with van der Waals surface area (Å²) in [6.07, 6.45) is 1.37. The molecule has 5 heteroatoms. The number of halogens is 1. The lowest BCUT2D eigenvalue weighted by Crippen LogP contribution is -2.01. The van der Waals surface area contributed by atoms with Crippen molar-refractivity contribution in [2.45, 2.75) is 13.3 Å². The molecular formula is C12H11ClN2O2. The minimum absolute atomic E-state index is 0.120. The maximum atomic E-state index is 10.6. The molecule has 0 radical (unpaired) electrons. The Morgan fingerprint density at radius 2 is 2.18 bits per heavy atom. The van der Waals surface area contributed by atoms with E-state index in [1.165, 1.54) is 6.20 Å². The van der Waals surface area contributed by atoms with E-state index in [-0.39, 0.29) is 6.42 Å². The summed E-state index contributed by atoms with van der Waals surface area (Å²) in [6.45, 7) is 1.95. The van der Waals surface area contributed by atoms with E-state index in [2.05, 4.69) is 5.10 Å². The zero-order chi connectivity index (χ0) is 12.4. The van der Waals surface area contributed by atoms with Crippen molar-refractivity contribution >= 4 is 17.6 Å². The predicted molar refractivity (Wildman–Crippen MR) is 64.7 cm³/mol. The van der Waals surface area contributed by atoms with Gasteiger partial charge in [0.2, 0.25) is 0 Å². The predicted octanol–water partition coefficient (Wildman–Crippen LogP) is 2.46. The number of benzene rings is 1. The summed E-state index contributed by atoms with van der Waals surface area (Å²) in [7, 11) is 0. The molecule has 1 N–H and O–H groups in total. The minimum atomic E-state index is -0.920. The highest BCUT2D eigenvalue weighted by molar-refractivity contribution is 6.30. The van der Waals surface area contributed by atoms with E-state index in [9.17, 15) is 4.79 Å². The lowest BCUT2D eigenvalue weighted by atomic mass is 10.2. The quantitative estimate of drug-likeness (QED) is 0.910. The second kappa shape index (κ2) is 4.59. The molecule has 2 rings (SSSR count). The first-order valence-corrected chi connectivity index (χ1v) is 5.47. The highest BCUT2D eigenvalue weighted by Gasteiger charge is 2.13. The van der Waals surface area contributed by atoms with Crippen molar-refractivity contribution in [3.63, 3.8) is 0 Å². The number of aromatic nitrogens is 2. The van der Waals surface area contributed by atoms with Crippen molar-refractivity contribution in [2.24, 2.45) is 0 Å². The molecule has 17 heavy (non-hydrogen) atoms. The van der Waals surface area contributed by atoms with Crippen LogP contribution in [-0.2, 0) is 11.2 Å². The molecule has 0 unspecified atom stereocenters. The van der Waals surface area contributed by atoms with Crippen LogP contribution in [0.5, 0.6) is 0 Å². The van der Waals surface area contributed by atoms with Crippen molar-refractivity contribution in [1.29, 1.82) is 0 Å². The SMILES string of the molecule is Cc1ccccc1-n1ncc(CC(=O)O)c1Cl. The molecule has 0 bridgehead atoms. The molecule has 0 fully saturated rings. The summed E-state index contributed by atoms with van der Waals surface area (Å²) in [5, 5.41) is 13.2.